The van der Waals surface area contributed by atoms with E-state index in [1.54, 1.807) is 62.4 Å². The van der Waals surface area contributed by atoms with Crippen molar-refractivity contribution in [3.8, 4) is 11.5 Å². The molecule has 0 bridgehead atoms. The molecule has 0 aliphatic carbocycles. The minimum Gasteiger partial charge on any atom is -0.493 e. The van der Waals surface area contributed by atoms with Crippen molar-refractivity contribution in [2.75, 3.05) is 19.0 Å². The number of rotatable bonds is 11. The highest BCUT2D eigenvalue weighted by Gasteiger charge is 2.37. The van der Waals surface area contributed by atoms with Crippen molar-refractivity contribution in [2.45, 2.75) is 57.6 Å². The summed E-state index contributed by atoms with van der Waals surface area (Å²) in [5.74, 6) is -0.595. The minimum absolute atomic E-state index is 0.230. The van der Waals surface area contributed by atoms with E-state index in [1.165, 1.54) is 23.5 Å². The Kier molecular flexibility index (Phi) is 9.84. The fourth-order valence-corrected chi connectivity index (χ4v) is 6.70. The first-order chi connectivity index (χ1) is 20.9. The lowest BCUT2D eigenvalue weighted by molar-refractivity contribution is -0.274. The monoisotopic (exact) mass is 683 g/mol. The number of amides is 1. The summed E-state index contributed by atoms with van der Waals surface area (Å²) in [7, 11) is -2.76. The van der Waals surface area contributed by atoms with Crippen LogP contribution in [0.4, 0.5) is 18.9 Å². The van der Waals surface area contributed by atoms with Crippen LogP contribution in [0.25, 0.3) is 10.1 Å². The van der Waals surface area contributed by atoms with E-state index in [2.05, 4.69) is 10.1 Å². The molecule has 1 N–H and O–H groups in total. The van der Waals surface area contributed by atoms with Gasteiger partial charge in [-0.2, -0.15) is 8.42 Å². The summed E-state index contributed by atoms with van der Waals surface area (Å²) in [6.45, 7) is 8.92. The molecular formula is C32H33ClF3NO6S2. The zero-order chi connectivity index (χ0) is 33.4. The Hall–Kier alpha value is -3.32. The first kappa shape index (κ1) is 34.6. The van der Waals surface area contributed by atoms with Gasteiger partial charge in [0.15, 0.2) is 0 Å². The van der Waals surface area contributed by atoms with E-state index in [4.69, 9.17) is 20.5 Å². The van der Waals surface area contributed by atoms with Gasteiger partial charge >= 0.3 is 6.36 Å². The van der Waals surface area contributed by atoms with Gasteiger partial charge in [-0.15, -0.1) is 24.5 Å². The van der Waals surface area contributed by atoms with E-state index in [1.807, 2.05) is 20.8 Å². The molecule has 0 unspecified atom stereocenters. The lowest BCUT2D eigenvalue weighted by atomic mass is 9.78. The van der Waals surface area contributed by atoms with Crippen molar-refractivity contribution < 1.29 is 40.0 Å². The lowest BCUT2D eigenvalue weighted by Gasteiger charge is -2.28. The summed E-state index contributed by atoms with van der Waals surface area (Å²) in [5.41, 5.74) is 1.11. The first-order valence-corrected chi connectivity index (χ1v) is 16.5. The molecule has 0 spiro atoms. The van der Waals surface area contributed by atoms with Crippen molar-refractivity contribution in [3.05, 3.63) is 87.3 Å². The minimum atomic E-state index is -4.88. The van der Waals surface area contributed by atoms with Gasteiger partial charge in [0.2, 0.25) is 0 Å². The number of benzene rings is 3. The smallest absolute Gasteiger partial charge is 0.493 e. The summed E-state index contributed by atoms with van der Waals surface area (Å²) in [4.78, 5) is 13.7. The number of carbonyl (C=O) groups excluding carboxylic acids is 1. The summed E-state index contributed by atoms with van der Waals surface area (Å²) in [6.07, 6.45) is -4.22. The zero-order valence-corrected chi connectivity index (χ0v) is 27.9. The van der Waals surface area contributed by atoms with Gasteiger partial charge in [0.05, 0.1) is 18.6 Å². The third-order valence-electron chi connectivity index (χ3n) is 7.47. The number of alkyl halides is 3. The molecule has 1 aromatic heterocycles. The highest BCUT2D eigenvalue weighted by Crippen LogP contribution is 2.40. The van der Waals surface area contributed by atoms with Gasteiger partial charge in [-0.25, -0.2) is 0 Å². The quantitative estimate of drug-likeness (QED) is 0.159. The Bertz CT molecular complexity index is 1830. The van der Waals surface area contributed by atoms with Gasteiger partial charge < -0.3 is 14.8 Å². The van der Waals surface area contributed by atoms with Gasteiger partial charge in [0.25, 0.3) is 16.0 Å². The Labute approximate surface area is 269 Å². The summed E-state index contributed by atoms with van der Waals surface area (Å²) in [5, 5.41) is 3.86. The van der Waals surface area contributed by atoms with E-state index in [0.717, 1.165) is 11.8 Å². The van der Waals surface area contributed by atoms with Crippen LogP contribution in [0.1, 0.15) is 67.4 Å². The standard InChI is InChI=1S/C32H33ClF3NO6S2/c1-7-10-42-25-15-22(16-26(18-25)43-32(34,35)36)30(2,3)21-13-23(33)17-24(14-21)37-29(38)28-12-19-11-20(8-9-27(19)44-28)31(4,5)45(39,40)41-6/h8-9,11-18H,7,10H2,1-6H3,(H,37,38). The zero-order valence-electron chi connectivity index (χ0n) is 25.5. The molecule has 13 heteroatoms. The fourth-order valence-electron chi connectivity index (χ4n) is 4.69. The Morgan fingerprint density at radius 3 is 2.22 bits per heavy atom. The van der Waals surface area contributed by atoms with Crippen molar-refractivity contribution in [2.24, 2.45) is 0 Å². The average Bonchev–Trinajstić information content (AvgIpc) is 3.38. The molecule has 0 atom stereocenters. The molecule has 45 heavy (non-hydrogen) atoms. The third kappa shape index (κ3) is 7.74. The van der Waals surface area contributed by atoms with Crippen molar-refractivity contribution in [1.29, 1.82) is 0 Å². The number of thiophene rings is 1. The van der Waals surface area contributed by atoms with Gasteiger partial charge in [0, 0.05) is 26.9 Å². The number of ether oxygens (including phenoxy) is 2. The van der Waals surface area contributed by atoms with Crippen LogP contribution in [0.5, 0.6) is 11.5 Å². The molecule has 7 nitrogen and oxygen atoms in total. The van der Waals surface area contributed by atoms with Crippen LogP contribution >= 0.6 is 22.9 Å². The predicted molar refractivity (Wildman–Crippen MR) is 171 cm³/mol. The third-order valence-corrected chi connectivity index (χ3v) is 10.7. The molecule has 4 rings (SSSR count). The second kappa shape index (κ2) is 12.8. The van der Waals surface area contributed by atoms with Crippen molar-refractivity contribution in [3.63, 3.8) is 0 Å². The number of halogens is 4. The molecule has 242 valence electrons. The molecule has 0 fully saturated rings. The van der Waals surface area contributed by atoms with Crippen LogP contribution in [0, 0.1) is 0 Å². The Morgan fingerprint density at radius 2 is 1.58 bits per heavy atom. The topological polar surface area (TPSA) is 90.9 Å². The van der Waals surface area contributed by atoms with Gasteiger partial charge in [-0.3, -0.25) is 8.98 Å². The van der Waals surface area contributed by atoms with Crippen molar-refractivity contribution >= 4 is 54.7 Å². The molecule has 1 heterocycles. The van der Waals surface area contributed by atoms with Crippen LogP contribution in [-0.2, 0) is 24.5 Å². The summed E-state index contributed by atoms with van der Waals surface area (Å²) < 4.78 is 78.3. The van der Waals surface area contributed by atoms with Crippen LogP contribution in [0.3, 0.4) is 0 Å². The summed E-state index contributed by atoms with van der Waals surface area (Å²) in [6, 6.07) is 15.9. The number of hydrogen-bond donors (Lipinski definition) is 1. The van der Waals surface area contributed by atoms with E-state index >= 15 is 0 Å². The molecule has 0 saturated carbocycles. The molecule has 0 aliphatic heterocycles. The van der Waals surface area contributed by atoms with Crippen LogP contribution in [0.15, 0.2) is 60.7 Å². The first-order valence-electron chi connectivity index (χ1n) is 13.9. The molecule has 4 aromatic rings. The van der Waals surface area contributed by atoms with Crippen molar-refractivity contribution in [1.82, 2.24) is 0 Å². The van der Waals surface area contributed by atoms with Crippen LogP contribution in [0.2, 0.25) is 5.02 Å². The molecule has 0 saturated heterocycles. The SMILES string of the molecule is CCCOc1cc(OC(F)(F)F)cc(C(C)(C)c2cc(Cl)cc(NC(=O)c3cc4cc(C(C)(C)S(=O)(=O)OC)ccc4s3)c2)c1. The van der Waals surface area contributed by atoms with Crippen LogP contribution in [-0.4, -0.2) is 34.4 Å². The lowest BCUT2D eigenvalue weighted by Crippen LogP contribution is -2.30. The highest BCUT2D eigenvalue weighted by atomic mass is 35.5. The average molecular weight is 684 g/mol. The Balaban J connectivity index is 1.65. The Morgan fingerprint density at radius 1 is 0.911 bits per heavy atom. The number of anilines is 1. The van der Waals surface area contributed by atoms with E-state index in [-0.39, 0.29) is 5.75 Å². The fraction of sp³-hybridized carbons (Fsp3) is 0.344. The molecule has 3 aromatic carbocycles. The molecule has 1 amide bonds. The number of carbonyl (C=O) groups is 1. The van der Waals surface area contributed by atoms with Gasteiger partial charge in [-0.05, 0) is 90.9 Å². The molecule has 0 radical (unpaired) electrons. The van der Waals surface area contributed by atoms with E-state index < -0.39 is 38.3 Å². The molecular weight excluding hydrogens is 651 g/mol. The normalized spacial score (nSPS) is 12.8. The predicted octanol–water partition coefficient (Wildman–Crippen LogP) is 9.03. The van der Waals surface area contributed by atoms with E-state index in [0.29, 0.717) is 50.7 Å². The van der Waals surface area contributed by atoms with Gasteiger partial charge in [0.1, 0.15) is 16.2 Å². The summed E-state index contributed by atoms with van der Waals surface area (Å²) >= 11 is 7.69. The van der Waals surface area contributed by atoms with Gasteiger partial charge in [-0.1, -0.05) is 38.4 Å². The maximum atomic E-state index is 13.3. The maximum absolute atomic E-state index is 13.3. The largest absolute Gasteiger partial charge is 0.573 e. The number of hydrogen-bond acceptors (Lipinski definition) is 7. The second-order valence-corrected chi connectivity index (χ2v) is 15.2. The number of nitrogens with one attached hydrogen (secondary N) is 1. The maximum Gasteiger partial charge on any atom is 0.573 e. The number of fused-ring (bicyclic) bond motifs is 1. The second-order valence-electron chi connectivity index (χ2n) is 11.4. The van der Waals surface area contributed by atoms with Crippen LogP contribution < -0.4 is 14.8 Å². The van der Waals surface area contributed by atoms with E-state index in [9.17, 15) is 26.4 Å². The highest BCUT2D eigenvalue weighted by molar-refractivity contribution is 7.87. The molecule has 0 aliphatic rings.